The van der Waals surface area contributed by atoms with E-state index in [-0.39, 0.29) is 5.82 Å². The van der Waals surface area contributed by atoms with Crippen LogP contribution in [-0.4, -0.2) is 6.04 Å². The average molecular weight is 342 g/mol. The van der Waals surface area contributed by atoms with Crippen LogP contribution in [0.2, 0.25) is 0 Å². The molecule has 0 bridgehead atoms. The number of hydrogen-bond acceptors (Lipinski definition) is 1. The summed E-state index contributed by atoms with van der Waals surface area (Å²) < 4.78 is 18.8. The zero-order valence-electron chi connectivity index (χ0n) is 14.9. The van der Waals surface area contributed by atoms with E-state index < -0.39 is 0 Å². The molecular weight excluding hydrogens is 313 g/mol. The third-order valence-electron chi connectivity index (χ3n) is 5.05. The standard InChI is InChI=1S/C22H28FNO/c23-20-13-11-18(12-14-20)17-25-22-10-6-7-19(15-22)16-24-21-8-4-2-1-3-5-9-21/h6-7,10-15,21,24H,1-5,8-9,16-17H2/p+1. The van der Waals surface area contributed by atoms with E-state index in [0.717, 1.165) is 23.9 Å². The van der Waals surface area contributed by atoms with Gasteiger partial charge in [0, 0.05) is 5.56 Å². The monoisotopic (exact) mass is 342 g/mol. The highest BCUT2D eigenvalue weighted by molar-refractivity contribution is 5.28. The molecule has 0 saturated heterocycles. The first-order valence-corrected chi connectivity index (χ1v) is 9.59. The molecule has 0 radical (unpaired) electrons. The van der Waals surface area contributed by atoms with Crippen molar-refractivity contribution in [2.24, 2.45) is 0 Å². The van der Waals surface area contributed by atoms with Crippen LogP contribution in [0.15, 0.2) is 48.5 Å². The molecular formula is C22H29FNO+. The van der Waals surface area contributed by atoms with E-state index in [1.807, 2.05) is 6.07 Å². The van der Waals surface area contributed by atoms with Gasteiger partial charge in [0.1, 0.15) is 24.7 Å². The normalized spacial score (nSPS) is 16.2. The summed E-state index contributed by atoms with van der Waals surface area (Å²) in [6, 6.07) is 15.6. The summed E-state index contributed by atoms with van der Waals surface area (Å²) in [7, 11) is 0. The van der Waals surface area contributed by atoms with Crippen LogP contribution in [0.5, 0.6) is 5.75 Å². The molecule has 0 atom stereocenters. The lowest BCUT2D eigenvalue weighted by Crippen LogP contribution is -2.88. The zero-order chi connectivity index (χ0) is 17.3. The Morgan fingerprint density at radius 1 is 0.880 bits per heavy atom. The van der Waals surface area contributed by atoms with Crippen molar-refractivity contribution < 1.29 is 14.4 Å². The van der Waals surface area contributed by atoms with Crippen LogP contribution in [0.3, 0.4) is 0 Å². The molecule has 2 N–H and O–H groups in total. The first-order valence-electron chi connectivity index (χ1n) is 9.59. The molecule has 1 aliphatic rings. The minimum atomic E-state index is -0.212. The van der Waals surface area contributed by atoms with Crippen LogP contribution in [0.4, 0.5) is 4.39 Å². The zero-order valence-corrected chi connectivity index (χ0v) is 14.9. The lowest BCUT2D eigenvalue weighted by molar-refractivity contribution is -0.706. The molecule has 0 amide bonds. The van der Waals surface area contributed by atoms with Gasteiger partial charge in [-0.2, -0.15) is 0 Å². The Kier molecular flexibility index (Phi) is 6.87. The van der Waals surface area contributed by atoms with Gasteiger partial charge in [0.15, 0.2) is 0 Å². The van der Waals surface area contributed by atoms with Gasteiger partial charge in [0.05, 0.1) is 6.04 Å². The van der Waals surface area contributed by atoms with Gasteiger partial charge in [0.2, 0.25) is 0 Å². The molecule has 0 aliphatic heterocycles. The molecule has 0 aromatic heterocycles. The Labute approximate surface area is 150 Å². The first-order chi connectivity index (χ1) is 12.3. The fraction of sp³-hybridized carbons (Fsp3) is 0.455. The summed E-state index contributed by atoms with van der Waals surface area (Å²) in [4.78, 5) is 0. The minimum absolute atomic E-state index is 0.212. The topological polar surface area (TPSA) is 25.8 Å². The Hall–Kier alpha value is -1.87. The summed E-state index contributed by atoms with van der Waals surface area (Å²) in [5.41, 5.74) is 2.28. The molecule has 25 heavy (non-hydrogen) atoms. The largest absolute Gasteiger partial charge is 0.489 e. The number of ether oxygens (including phenoxy) is 1. The van der Waals surface area contributed by atoms with Gasteiger partial charge < -0.3 is 10.1 Å². The molecule has 134 valence electrons. The Balaban J connectivity index is 1.49. The highest BCUT2D eigenvalue weighted by atomic mass is 19.1. The fourth-order valence-corrected chi connectivity index (χ4v) is 3.54. The Morgan fingerprint density at radius 2 is 1.60 bits per heavy atom. The van der Waals surface area contributed by atoms with Gasteiger partial charge in [0.25, 0.3) is 0 Å². The molecule has 1 fully saturated rings. The molecule has 0 spiro atoms. The molecule has 2 nitrogen and oxygen atoms in total. The van der Waals surface area contributed by atoms with Crippen LogP contribution in [-0.2, 0) is 13.2 Å². The van der Waals surface area contributed by atoms with Crippen molar-refractivity contribution in [1.29, 1.82) is 0 Å². The van der Waals surface area contributed by atoms with Gasteiger partial charge in [-0.3, -0.25) is 0 Å². The van der Waals surface area contributed by atoms with Crippen molar-refractivity contribution in [1.82, 2.24) is 0 Å². The van der Waals surface area contributed by atoms with E-state index in [0.29, 0.717) is 6.61 Å². The van der Waals surface area contributed by atoms with Crippen molar-refractivity contribution in [3.05, 3.63) is 65.5 Å². The van der Waals surface area contributed by atoms with Crippen molar-refractivity contribution in [3.63, 3.8) is 0 Å². The van der Waals surface area contributed by atoms with E-state index in [1.54, 1.807) is 12.1 Å². The minimum Gasteiger partial charge on any atom is -0.489 e. The molecule has 1 aliphatic carbocycles. The van der Waals surface area contributed by atoms with Crippen molar-refractivity contribution in [2.45, 2.75) is 64.1 Å². The predicted octanol–water partition coefficient (Wildman–Crippen LogP) is 4.58. The van der Waals surface area contributed by atoms with E-state index in [1.165, 1.54) is 62.6 Å². The second-order valence-electron chi connectivity index (χ2n) is 7.11. The SMILES string of the molecule is Fc1ccc(COc2cccc(C[NH2+]C3CCCCCCC3)c2)cc1. The second kappa shape index (κ2) is 9.57. The van der Waals surface area contributed by atoms with Crippen molar-refractivity contribution in [3.8, 4) is 5.75 Å². The molecule has 1 saturated carbocycles. The average Bonchev–Trinajstić information content (AvgIpc) is 2.61. The van der Waals surface area contributed by atoms with Crippen molar-refractivity contribution in [2.75, 3.05) is 0 Å². The number of nitrogens with two attached hydrogens (primary N) is 1. The molecule has 3 rings (SSSR count). The number of hydrogen-bond donors (Lipinski definition) is 1. The number of rotatable bonds is 6. The van der Waals surface area contributed by atoms with Gasteiger partial charge in [-0.05, 0) is 55.5 Å². The fourth-order valence-electron chi connectivity index (χ4n) is 3.54. The number of quaternary nitrogens is 1. The molecule has 0 unspecified atom stereocenters. The maximum atomic E-state index is 12.9. The maximum absolute atomic E-state index is 12.9. The summed E-state index contributed by atoms with van der Waals surface area (Å²) in [6.45, 7) is 1.48. The Bertz CT molecular complexity index is 633. The number of benzene rings is 2. The molecule has 2 aromatic carbocycles. The molecule has 3 heteroatoms. The van der Waals surface area contributed by atoms with Crippen LogP contribution in [0.1, 0.15) is 56.1 Å². The second-order valence-corrected chi connectivity index (χ2v) is 7.11. The molecule has 2 aromatic rings. The highest BCUT2D eigenvalue weighted by Gasteiger charge is 2.13. The van der Waals surface area contributed by atoms with Crippen molar-refractivity contribution >= 4 is 0 Å². The molecule has 0 heterocycles. The third kappa shape index (κ3) is 6.17. The van der Waals surface area contributed by atoms with Crippen LogP contribution in [0, 0.1) is 5.82 Å². The summed E-state index contributed by atoms with van der Waals surface area (Å²) in [5, 5.41) is 2.50. The van der Waals surface area contributed by atoms with Crippen LogP contribution in [0.25, 0.3) is 0 Å². The maximum Gasteiger partial charge on any atom is 0.123 e. The number of halogens is 1. The van der Waals surface area contributed by atoms with E-state index in [9.17, 15) is 4.39 Å². The van der Waals surface area contributed by atoms with E-state index >= 15 is 0 Å². The summed E-state index contributed by atoms with van der Waals surface area (Å²) in [5.74, 6) is 0.670. The Morgan fingerprint density at radius 3 is 2.36 bits per heavy atom. The van der Waals surface area contributed by atoms with Gasteiger partial charge in [-0.15, -0.1) is 0 Å². The first kappa shape index (κ1) is 17.9. The summed E-state index contributed by atoms with van der Waals surface area (Å²) >= 11 is 0. The quantitative estimate of drug-likeness (QED) is 0.817. The smallest absolute Gasteiger partial charge is 0.123 e. The van der Waals surface area contributed by atoms with E-state index in [2.05, 4.69) is 23.5 Å². The van der Waals surface area contributed by atoms with Crippen LogP contribution >= 0.6 is 0 Å². The lowest BCUT2D eigenvalue weighted by Gasteiger charge is -2.18. The van der Waals surface area contributed by atoms with Crippen LogP contribution < -0.4 is 10.1 Å². The van der Waals surface area contributed by atoms with E-state index in [4.69, 9.17) is 4.74 Å². The predicted molar refractivity (Wildman–Crippen MR) is 98.9 cm³/mol. The van der Waals surface area contributed by atoms with Gasteiger partial charge in [-0.25, -0.2) is 4.39 Å². The third-order valence-corrected chi connectivity index (χ3v) is 5.05. The lowest BCUT2D eigenvalue weighted by atomic mass is 9.96. The summed E-state index contributed by atoms with van der Waals surface area (Å²) in [6.07, 6.45) is 9.67. The highest BCUT2D eigenvalue weighted by Crippen LogP contribution is 2.17. The van der Waals surface area contributed by atoms with Gasteiger partial charge >= 0.3 is 0 Å². The van der Waals surface area contributed by atoms with Gasteiger partial charge in [-0.1, -0.05) is 43.5 Å².